The predicted octanol–water partition coefficient (Wildman–Crippen LogP) is 3.97. The van der Waals surface area contributed by atoms with Gasteiger partial charge in [0.2, 0.25) is 17.5 Å². The number of aromatic nitrogens is 1. The Bertz CT molecular complexity index is 1080. The van der Waals surface area contributed by atoms with E-state index in [1.807, 2.05) is 11.0 Å². The van der Waals surface area contributed by atoms with Crippen molar-refractivity contribution in [1.29, 1.82) is 5.26 Å². The number of halogens is 2. The van der Waals surface area contributed by atoms with Gasteiger partial charge in [-0.1, -0.05) is 17.7 Å². The predicted molar refractivity (Wildman–Crippen MR) is 106 cm³/mol. The highest BCUT2D eigenvalue weighted by Crippen LogP contribution is 2.29. The van der Waals surface area contributed by atoms with Crippen molar-refractivity contribution in [2.24, 2.45) is 0 Å². The molecule has 2 aromatic carbocycles. The summed E-state index contributed by atoms with van der Waals surface area (Å²) in [6, 6.07) is 14.6. The molecule has 0 spiro atoms. The van der Waals surface area contributed by atoms with Crippen LogP contribution in [0.5, 0.6) is 0 Å². The molecule has 0 bridgehead atoms. The second-order valence-electron chi connectivity index (χ2n) is 6.58. The Morgan fingerprint density at radius 2 is 1.86 bits per heavy atom. The SMILES string of the molecule is N#Cc1nc(-c2ccc(F)cc2)oc1N1CCN(C(=O)c2cccc(Cl)c2)CC1. The molecule has 1 aliphatic rings. The van der Waals surface area contributed by atoms with Gasteiger partial charge in [0.1, 0.15) is 11.9 Å². The molecule has 3 aromatic rings. The van der Waals surface area contributed by atoms with Crippen molar-refractivity contribution in [3.63, 3.8) is 0 Å². The molecule has 0 radical (unpaired) electrons. The van der Waals surface area contributed by atoms with Crippen molar-refractivity contribution in [3.8, 4) is 17.5 Å². The summed E-state index contributed by atoms with van der Waals surface area (Å²) in [6.07, 6.45) is 0. The van der Waals surface area contributed by atoms with Crippen LogP contribution in [0, 0.1) is 17.1 Å². The van der Waals surface area contributed by atoms with Crippen molar-refractivity contribution < 1.29 is 13.6 Å². The lowest BCUT2D eigenvalue weighted by molar-refractivity contribution is 0.0745. The van der Waals surface area contributed by atoms with Crippen molar-refractivity contribution >= 4 is 23.4 Å². The number of piperazine rings is 1. The summed E-state index contributed by atoms with van der Waals surface area (Å²) in [4.78, 5) is 20.5. The lowest BCUT2D eigenvalue weighted by atomic mass is 10.2. The number of hydrogen-bond donors (Lipinski definition) is 0. The molecular formula is C21H16ClFN4O2. The molecule has 29 heavy (non-hydrogen) atoms. The highest BCUT2D eigenvalue weighted by atomic mass is 35.5. The standard InChI is InChI=1S/C21H16ClFN4O2/c22-16-3-1-2-15(12-16)20(28)26-8-10-27(11-9-26)21-18(13-24)25-19(29-21)14-4-6-17(23)7-5-14/h1-7,12H,8-11H2. The van der Waals surface area contributed by atoms with Gasteiger partial charge in [0.25, 0.3) is 5.91 Å². The first-order chi connectivity index (χ1) is 14.0. The molecule has 146 valence electrons. The second kappa shape index (κ2) is 7.94. The molecular weight excluding hydrogens is 395 g/mol. The Labute approximate surface area is 171 Å². The van der Waals surface area contributed by atoms with Gasteiger partial charge in [0.05, 0.1) is 0 Å². The van der Waals surface area contributed by atoms with E-state index >= 15 is 0 Å². The van der Waals surface area contributed by atoms with Crippen LogP contribution in [0.2, 0.25) is 5.02 Å². The maximum Gasteiger partial charge on any atom is 0.254 e. The molecule has 4 rings (SSSR count). The summed E-state index contributed by atoms with van der Waals surface area (Å²) in [7, 11) is 0. The summed E-state index contributed by atoms with van der Waals surface area (Å²) in [5.74, 6) is 0.175. The van der Waals surface area contributed by atoms with E-state index in [0.717, 1.165) is 0 Å². The minimum absolute atomic E-state index is 0.0859. The van der Waals surface area contributed by atoms with E-state index in [-0.39, 0.29) is 23.3 Å². The lowest BCUT2D eigenvalue weighted by Crippen LogP contribution is -2.48. The number of benzene rings is 2. The topological polar surface area (TPSA) is 73.4 Å². The van der Waals surface area contributed by atoms with Crippen LogP contribution >= 0.6 is 11.6 Å². The van der Waals surface area contributed by atoms with E-state index in [1.165, 1.54) is 12.1 Å². The van der Waals surface area contributed by atoms with Gasteiger partial charge in [-0.3, -0.25) is 4.79 Å². The summed E-state index contributed by atoms with van der Waals surface area (Å²) in [5, 5.41) is 9.95. The van der Waals surface area contributed by atoms with Gasteiger partial charge in [-0.05, 0) is 42.5 Å². The fraction of sp³-hybridized carbons (Fsp3) is 0.190. The minimum Gasteiger partial charge on any atom is -0.419 e. The third kappa shape index (κ3) is 3.93. The lowest BCUT2D eigenvalue weighted by Gasteiger charge is -2.34. The maximum absolute atomic E-state index is 13.1. The van der Waals surface area contributed by atoms with Crippen LogP contribution in [0.25, 0.3) is 11.5 Å². The van der Waals surface area contributed by atoms with E-state index in [1.54, 1.807) is 41.3 Å². The Morgan fingerprint density at radius 1 is 1.14 bits per heavy atom. The number of nitriles is 1. The normalized spacial score (nSPS) is 14.0. The molecule has 1 fully saturated rings. The zero-order valence-corrected chi connectivity index (χ0v) is 16.1. The first kappa shape index (κ1) is 19.0. The van der Waals surface area contributed by atoms with Gasteiger partial charge in [0, 0.05) is 42.3 Å². The van der Waals surface area contributed by atoms with Gasteiger partial charge >= 0.3 is 0 Å². The van der Waals surface area contributed by atoms with Crippen LogP contribution in [0.3, 0.4) is 0 Å². The first-order valence-electron chi connectivity index (χ1n) is 9.02. The Hall–Kier alpha value is -3.37. The number of carbonyl (C=O) groups excluding carboxylic acids is 1. The van der Waals surface area contributed by atoms with Gasteiger partial charge in [-0.15, -0.1) is 0 Å². The van der Waals surface area contributed by atoms with Crippen LogP contribution < -0.4 is 4.90 Å². The molecule has 0 atom stereocenters. The van der Waals surface area contributed by atoms with Crippen molar-refractivity contribution in [2.75, 3.05) is 31.1 Å². The zero-order chi connectivity index (χ0) is 20.4. The quantitative estimate of drug-likeness (QED) is 0.653. The third-order valence-electron chi connectivity index (χ3n) is 4.73. The van der Waals surface area contributed by atoms with E-state index < -0.39 is 0 Å². The summed E-state index contributed by atoms with van der Waals surface area (Å²) in [6.45, 7) is 1.95. The number of rotatable bonds is 3. The fourth-order valence-corrected chi connectivity index (χ4v) is 3.42. The van der Waals surface area contributed by atoms with Gasteiger partial charge in [-0.2, -0.15) is 10.2 Å². The molecule has 1 aliphatic heterocycles. The monoisotopic (exact) mass is 410 g/mol. The highest BCUT2D eigenvalue weighted by molar-refractivity contribution is 6.30. The van der Waals surface area contributed by atoms with Gasteiger partial charge < -0.3 is 14.2 Å². The highest BCUT2D eigenvalue weighted by Gasteiger charge is 2.27. The van der Waals surface area contributed by atoms with E-state index in [2.05, 4.69) is 4.98 Å². The zero-order valence-electron chi connectivity index (χ0n) is 15.3. The smallest absolute Gasteiger partial charge is 0.254 e. The van der Waals surface area contributed by atoms with Crippen LogP contribution in [-0.2, 0) is 0 Å². The van der Waals surface area contributed by atoms with Gasteiger partial charge in [0.15, 0.2) is 0 Å². The Balaban J connectivity index is 1.49. The molecule has 1 aromatic heterocycles. The molecule has 0 N–H and O–H groups in total. The number of carbonyl (C=O) groups is 1. The maximum atomic E-state index is 13.1. The Kier molecular flexibility index (Phi) is 5.19. The van der Waals surface area contributed by atoms with Gasteiger partial charge in [-0.25, -0.2) is 4.39 Å². The molecule has 0 aliphatic carbocycles. The molecule has 8 heteroatoms. The molecule has 6 nitrogen and oxygen atoms in total. The molecule has 0 saturated carbocycles. The molecule has 1 amide bonds. The summed E-state index contributed by atoms with van der Waals surface area (Å²) < 4.78 is 19.0. The number of nitrogens with zero attached hydrogens (tertiary/aromatic N) is 4. The van der Waals surface area contributed by atoms with Crippen LogP contribution in [-0.4, -0.2) is 42.0 Å². The van der Waals surface area contributed by atoms with Crippen LogP contribution in [0.15, 0.2) is 52.9 Å². The molecule has 1 saturated heterocycles. The number of amides is 1. The number of hydrogen-bond acceptors (Lipinski definition) is 5. The fourth-order valence-electron chi connectivity index (χ4n) is 3.23. The first-order valence-corrected chi connectivity index (χ1v) is 9.39. The van der Waals surface area contributed by atoms with Crippen LogP contribution in [0.4, 0.5) is 10.3 Å². The van der Waals surface area contributed by atoms with E-state index in [4.69, 9.17) is 16.0 Å². The van der Waals surface area contributed by atoms with Crippen LogP contribution in [0.1, 0.15) is 16.1 Å². The minimum atomic E-state index is -0.360. The second-order valence-corrected chi connectivity index (χ2v) is 7.02. The van der Waals surface area contributed by atoms with Crippen molar-refractivity contribution in [2.45, 2.75) is 0 Å². The number of anilines is 1. The summed E-state index contributed by atoms with van der Waals surface area (Å²) >= 11 is 5.98. The number of oxazole rings is 1. The van der Waals surface area contributed by atoms with E-state index in [0.29, 0.717) is 48.2 Å². The average Bonchev–Trinajstić information content (AvgIpc) is 3.18. The largest absolute Gasteiger partial charge is 0.419 e. The Morgan fingerprint density at radius 3 is 2.52 bits per heavy atom. The molecule has 2 heterocycles. The third-order valence-corrected chi connectivity index (χ3v) is 4.97. The summed E-state index contributed by atoms with van der Waals surface area (Å²) in [5.41, 5.74) is 1.30. The molecule has 0 unspecified atom stereocenters. The van der Waals surface area contributed by atoms with Crippen molar-refractivity contribution in [1.82, 2.24) is 9.88 Å². The average molecular weight is 411 g/mol. The van der Waals surface area contributed by atoms with Crippen molar-refractivity contribution in [3.05, 3.63) is 70.6 Å². The van der Waals surface area contributed by atoms with E-state index in [9.17, 15) is 14.4 Å².